The Morgan fingerprint density at radius 3 is 2.44 bits per heavy atom. The predicted octanol–water partition coefficient (Wildman–Crippen LogP) is 3.27. The van der Waals surface area contributed by atoms with Gasteiger partial charge in [0, 0.05) is 18.2 Å². The van der Waals surface area contributed by atoms with E-state index >= 15 is 0 Å². The molecule has 27 heavy (non-hydrogen) atoms. The standard InChI is InChI=1S/C21H26N2O3S/c24-21(23-19-11-5-2-6-12-19)18-10-7-13-20(16-18)27(25,26)22-15-14-17-8-3-1-4-9-17/h1,3-4,7-10,13,16,19,22H,2,5-6,11-12,14-15H2,(H,23,24). The van der Waals surface area contributed by atoms with Crippen LogP contribution in [0.3, 0.4) is 0 Å². The second-order valence-electron chi connectivity index (χ2n) is 6.97. The Morgan fingerprint density at radius 2 is 1.70 bits per heavy atom. The van der Waals surface area contributed by atoms with E-state index < -0.39 is 10.0 Å². The summed E-state index contributed by atoms with van der Waals surface area (Å²) in [7, 11) is -3.65. The Balaban J connectivity index is 1.61. The van der Waals surface area contributed by atoms with Crippen molar-refractivity contribution in [2.75, 3.05) is 6.54 Å². The van der Waals surface area contributed by atoms with Crippen LogP contribution in [0.25, 0.3) is 0 Å². The van der Waals surface area contributed by atoms with E-state index in [0.29, 0.717) is 18.5 Å². The molecule has 1 fully saturated rings. The normalized spacial score (nSPS) is 15.4. The zero-order chi connectivity index (χ0) is 19.1. The number of amides is 1. The number of benzene rings is 2. The van der Waals surface area contributed by atoms with Gasteiger partial charge in [0.1, 0.15) is 0 Å². The monoisotopic (exact) mass is 386 g/mol. The third-order valence-corrected chi connectivity index (χ3v) is 6.35. The molecule has 0 radical (unpaired) electrons. The number of carbonyl (C=O) groups excluding carboxylic acids is 1. The SMILES string of the molecule is O=C(NC1CCCCC1)c1cccc(S(=O)(=O)NCCc2ccccc2)c1. The highest BCUT2D eigenvalue weighted by molar-refractivity contribution is 7.89. The minimum atomic E-state index is -3.65. The van der Waals surface area contributed by atoms with Gasteiger partial charge in [-0.2, -0.15) is 0 Å². The van der Waals surface area contributed by atoms with Gasteiger partial charge in [0.15, 0.2) is 0 Å². The molecule has 0 bridgehead atoms. The second kappa shape index (κ2) is 9.15. The first-order valence-corrected chi connectivity index (χ1v) is 11.0. The van der Waals surface area contributed by atoms with Gasteiger partial charge in [0.2, 0.25) is 10.0 Å². The van der Waals surface area contributed by atoms with Crippen molar-refractivity contribution in [1.82, 2.24) is 10.0 Å². The van der Waals surface area contributed by atoms with E-state index in [4.69, 9.17) is 0 Å². The lowest BCUT2D eigenvalue weighted by atomic mass is 9.95. The third kappa shape index (κ3) is 5.65. The Labute approximate surface area is 161 Å². The molecule has 6 heteroatoms. The summed E-state index contributed by atoms with van der Waals surface area (Å²) in [6.45, 7) is 0.310. The summed E-state index contributed by atoms with van der Waals surface area (Å²) in [6.07, 6.45) is 6.07. The van der Waals surface area contributed by atoms with Crippen LogP contribution in [0.1, 0.15) is 48.0 Å². The van der Waals surface area contributed by atoms with Crippen LogP contribution in [0.5, 0.6) is 0 Å². The summed E-state index contributed by atoms with van der Waals surface area (Å²) in [5, 5.41) is 3.02. The number of hydrogen-bond donors (Lipinski definition) is 2. The molecular formula is C21H26N2O3S. The number of hydrogen-bond acceptors (Lipinski definition) is 3. The van der Waals surface area contributed by atoms with Crippen LogP contribution in [0.2, 0.25) is 0 Å². The fourth-order valence-electron chi connectivity index (χ4n) is 3.38. The summed E-state index contributed by atoms with van der Waals surface area (Å²) in [6, 6.07) is 16.1. The molecule has 5 nitrogen and oxygen atoms in total. The van der Waals surface area contributed by atoms with Gasteiger partial charge in [0.25, 0.3) is 5.91 Å². The van der Waals surface area contributed by atoms with E-state index in [-0.39, 0.29) is 16.8 Å². The molecule has 0 heterocycles. The van der Waals surface area contributed by atoms with Crippen molar-refractivity contribution in [3.05, 3.63) is 65.7 Å². The molecule has 0 aliphatic heterocycles. The maximum atomic E-state index is 12.5. The first kappa shape index (κ1) is 19.6. The van der Waals surface area contributed by atoms with Crippen molar-refractivity contribution in [2.24, 2.45) is 0 Å². The molecule has 2 aromatic rings. The molecule has 1 amide bonds. The van der Waals surface area contributed by atoms with Gasteiger partial charge in [-0.25, -0.2) is 13.1 Å². The number of rotatable bonds is 7. The van der Waals surface area contributed by atoms with E-state index in [9.17, 15) is 13.2 Å². The van der Waals surface area contributed by atoms with Gasteiger partial charge in [-0.05, 0) is 43.0 Å². The predicted molar refractivity (Wildman–Crippen MR) is 106 cm³/mol. The lowest BCUT2D eigenvalue weighted by Crippen LogP contribution is -2.36. The Hall–Kier alpha value is -2.18. The Morgan fingerprint density at radius 1 is 0.963 bits per heavy atom. The summed E-state index contributed by atoms with van der Waals surface area (Å²) in [5.41, 5.74) is 1.45. The molecule has 0 saturated heterocycles. The average Bonchev–Trinajstić information content (AvgIpc) is 2.69. The highest BCUT2D eigenvalue weighted by atomic mass is 32.2. The van der Waals surface area contributed by atoms with Crippen LogP contribution in [0, 0.1) is 0 Å². The van der Waals surface area contributed by atoms with E-state index in [1.165, 1.54) is 18.6 Å². The van der Waals surface area contributed by atoms with Gasteiger partial charge >= 0.3 is 0 Å². The van der Waals surface area contributed by atoms with Crippen molar-refractivity contribution < 1.29 is 13.2 Å². The van der Waals surface area contributed by atoms with Crippen molar-refractivity contribution in [3.8, 4) is 0 Å². The first-order valence-electron chi connectivity index (χ1n) is 9.49. The topological polar surface area (TPSA) is 75.3 Å². The zero-order valence-corrected chi connectivity index (χ0v) is 16.2. The molecule has 1 saturated carbocycles. The van der Waals surface area contributed by atoms with Crippen LogP contribution < -0.4 is 10.0 Å². The smallest absolute Gasteiger partial charge is 0.251 e. The van der Waals surface area contributed by atoms with E-state index in [0.717, 1.165) is 31.2 Å². The van der Waals surface area contributed by atoms with Crippen molar-refractivity contribution in [1.29, 1.82) is 0 Å². The fraction of sp³-hybridized carbons (Fsp3) is 0.381. The van der Waals surface area contributed by atoms with Gasteiger partial charge < -0.3 is 5.32 Å². The molecule has 2 aromatic carbocycles. The molecule has 0 atom stereocenters. The molecule has 3 rings (SSSR count). The summed E-state index contributed by atoms with van der Waals surface area (Å²) in [5.74, 6) is -0.205. The van der Waals surface area contributed by atoms with E-state index in [1.54, 1.807) is 12.1 Å². The Bertz CT molecular complexity index is 860. The van der Waals surface area contributed by atoms with E-state index in [1.807, 2.05) is 30.3 Å². The highest BCUT2D eigenvalue weighted by Gasteiger charge is 2.19. The maximum Gasteiger partial charge on any atom is 0.251 e. The summed E-state index contributed by atoms with van der Waals surface area (Å²) >= 11 is 0. The molecule has 1 aliphatic rings. The van der Waals surface area contributed by atoms with Crippen LogP contribution >= 0.6 is 0 Å². The zero-order valence-electron chi connectivity index (χ0n) is 15.4. The minimum Gasteiger partial charge on any atom is -0.349 e. The van der Waals surface area contributed by atoms with Crippen LogP contribution in [-0.4, -0.2) is 26.9 Å². The van der Waals surface area contributed by atoms with Gasteiger partial charge in [-0.1, -0.05) is 55.7 Å². The molecule has 0 unspecified atom stereocenters. The lowest BCUT2D eigenvalue weighted by Gasteiger charge is -2.22. The van der Waals surface area contributed by atoms with Crippen molar-refractivity contribution in [2.45, 2.75) is 49.5 Å². The number of carbonyl (C=O) groups is 1. The minimum absolute atomic E-state index is 0.117. The van der Waals surface area contributed by atoms with E-state index in [2.05, 4.69) is 10.0 Å². The average molecular weight is 387 g/mol. The second-order valence-corrected chi connectivity index (χ2v) is 8.74. The number of nitrogens with one attached hydrogen (secondary N) is 2. The lowest BCUT2D eigenvalue weighted by molar-refractivity contribution is 0.0927. The quantitative estimate of drug-likeness (QED) is 0.767. The molecule has 0 spiro atoms. The van der Waals surface area contributed by atoms with Crippen LogP contribution in [0.4, 0.5) is 0 Å². The van der Waals surface area contributed by atoms with Crippen LogP contribution in [0.15, 0.2) is 59.5 Å². The highest BCUT2D eigenvalue weighted by Crippen LogP contribution is 2.18. The first-order chi connectivity index (χ1) is 13.0. The summed E-state index contributed by atoms with van der Waals surface area (Å²) in [4.78, 5) is 12.6. The third-order valence-electron chi connectivity index (χ3n) is 4.90. The molecule has 0 aromatic heterocycles. The van der Waals surface area contributed by atoms with Crippen LogP contribution in [-0.2, 0) is 16.4 Å². The van der Waals surface area contributed by atoms with Gasteiger partial charge in [-0.3, -0.25) is 4.79 Å². The maximum absolute atomic E-state index is 12.5. The van der Waals surface area contributed by atoms with Crippen molar-refractivity contribution >= 4 is 15.9 Å². The van der Waals surface area contributed by atoms with Crippen molar-refractivity contribution in [3.63, 3.8) is 0 Å². The largest absolute Gasteiger partial charge is 0.349 e. The number of sulfonamides is 1. The molecule has 144 valence electrons. The molecular weight excluding hydrogens is 360 g/mol. The fourth-order valence-corrected chi connectivity index (χ4v) is 4.46. The molecule has 2 N–H and O–H groups in total. The summed E-state index contributed by atoms with van der Waals surface area (Å²) < 4.78 is 27.7. The Kier molecular flexibility index (Phi) is 6.63. The van der Waals surface area contributed by atoms with Gasteiger partial charge in [0.05, 0.1) is 4.90 Å². The molecule has 1 aliphatic carbocycles. The van der Waals surface area contributed by atoms with Gasteiger partial charge in [-0.15, -0.1) is 0 Å².